The molecule has 3 rings (SSSR count). The zero-order valence-electron chi connectivity index (χ0n) is 15.7. The van der Waals surface area contributed by atoms with Crippen molar-refractivity contribution in [3.8, 4) is 0 Å². The molecule has 1 aromatic carbocycles. The third kappa shape index (κ3) is 5.19. The molecular weight excluding hydrogens is 326 g/mol. The predicted molar refractivity (Wildman–Crippen MR) is 102 cm³/mol. The largest absolute Gasteiger partial charge is 0.468 e. The van der Waals surface area contributed by atoms with E-state index >= 15 is 0 Å². The van der Waals surface area contributed by atoms with E-state index in [1.807, 2.05) is 18.2 Å². The molecule has 0 spiro atoms. The molecule has 5 nitrogen and oxygen atoms in total. The monoisotopic (exact) mass is 355 g/mol. The Labute approximate surface area is 155 Å². The van der Waals surface area contributed by atoms with Crippen molar-refractivity contribution in [2.45, 2.75) is 45.4 Å². The Morgan fingerprint density at radius 3 is 2.77 bits per heavy atom. The lowest BCUT2D eigenvalue weighted by atomic mass is 9.92. The van der Waals surface area contributed by atoms with Crippen molar-refractivity contribution in [2.24, 2.45) is 5.92 Å². The molecule has 0 aliphatic carbocycles. The molecule has 2 N–H and O–H groups in total. The number of rotatable bonds is 7. The number of furan rings is 1. The molecule has 2 heterocycles. The molecule has 2 aromatic rings. The molecule has 0 radical (unpaired) electrons. The van der Waals surface area contributed by atoms with Gasteiger partial charge in [-0.1, -0.05) is 24.3 Å². The van der Waals surface area contributed by atoms with E-state index in [1.54, 1.807) is 6.26 Å². The number of nitrogens with zero attached hydrogens (tertiary/aromatic N) is 1. The topological polar surface area (TPSA) is 57.5 Å². The van der Waals surface area contributed by atoms with Crippen molar-refractivity contribution in [2.75, 3.05) is 13.6 Å². The first-order valence-electron chi connectivity index (χ1n) is 9.40. The van der Waals surface area contributed by atoms with Crippen molar-refractivity contribution < 1.29 is 9.21 Å². The fraction of sp³-hybridized carbons (Fsp3) is 0.476. The van der Waals surface area contributed by atoms with E-state index in [-0.39, 0.29) is 11.8 Å². The van der Waals surface area contributed by atoms with Gasteiger partial charge in [0.15, 0.2) is 0 Å². The van der Waals surface area contributed by atoms with Gasteiger partial charge in [0.2, 0.25) is 5.91 Å². The highest BCUT2D eigenvalue weighted by atomic mass is 16.3. The zero-order valence-corrected chi connectivity index (χ0v) is 15.7. The van der Waals surface area contributed by atoms with Crippen molar-refractivity contribution in [3.05, 3.63) is 59.5 Å². The summed E-state index contributed by atoms with van der Waals surface area (Å²) in [4.78, 5) is 14.7. The molecule has 26 heavy (non-hydrogen) atoms. The summed E-state index contributed by atoms with van der Waals surface area (Å²) in [6, 6.07) is 12.6. The van der Waals surface area contributed by atoms with Crippen LogP contribution in [0.15, 0.2) is 47.1 Å². The average Bonchev–Trinajstić information content (AvgIpc) is 3.13. The van der Waals surface area contributed by atoms with Gasteiger partial charge in [0.05, 0.1) is 12.8 Å². The number of hydrogen-bond donors (Lipinski definition) is 2. The van der Waals surface area contributed by atoms with Gasteiger partial charge in [-0.25, -0.2) is 0 Å². The van der Waals surface area contributed by atoms with Crippen molar-refractivity contribution >= 4 is 5.91 Å². The minimum absolute atomic E-state index is 0.125. The maximum absolute atomic E-state index is 12.5. The van der Waals surface area contributed by atoms with Crippen molar-refractivity contribution in [3.63, 3.8) is 0 Å². The fourth-order valence-corrected chi connectivity index (χ4v) is 3.60. The fourth-order valence-electron chi connectivity index (χ4n) is 3.60. The molecule has 1 aliphatic heterocycles. The third-order valence-electron chi connectivity index (χ3n) is 5.01. The smallest absolute Gasteiger partial charge is 0.223 e. The standard InChI is InChI=1S/C21H29N3O2/c1-16-12-17(9-10-22-16)21(25)23-13-18-6-3-4-7-19(18)14-24(2)15-20-8-5-11-26-20/h3-8,11,16-17,22H,9-10,12-15H2,1-2H3,(H,23,25)/t16-,17-/m0/s1. The maximum atomic E-state index is 12.5. The number of nitrogens with one attached hydrogen (secondary N) is 2. The summed E-state index contributed by atoms with van der Waals surface area (Å²) < 4.78 is 5.42. The van der Waals surface area contributed by atoms with Crippen LogP contribution < -0.4 is 10.6 Å². The van der Waals surface area contributed by atoms with Crippen LogP contribution in [-0.2, 0) is 24.4 Å². The summed E-state index contributed by atoms with van der Waals surface area (Å²) in [5.74, 6) is 1.26. The van der Waals surface area contributed by atoms with Gasteiger partial charge in [0.1, 0.15) is 5.76 Å². The van der Waals surface area contributed by atoms with Gasteiger partial charge >= 0.3 is 0 Å². The van der Waals surface area contributed by atoms with Crippen LogP contribution in [0.4, 0.5) is 0 Å². The molecule has 1 fully saturated rings. The van der Waals surface area contributed by atoms with Gasteiger partial charge in [-0.2, -0.15) is 0 Å². The summed E-state index contributed by atoms with van der Waals surface area (Å²) in [5, 5.41) is 6.54. The van der Waals surface area contributed by atoms with E-state index in [2.05, 4.69) is 47.7 Å². The Hall–Kier alpha value is -2.11. The van der Waals surface area contributed by atoms with Crippen LogP contribution in [0.25, 0.3) is 0 Å². The van der Waals surface area contributed by atoms with E-state index in [0.717, 1.165) is 38.2 Å². The molecule has 1 saturated heterocycles. The molecule has 0 unspecified atom stereocenters. The first-order valence-corrected chi connectivity index (χ1v) is 9.40. The molecule has 2 atom stereocenters. The summed E-state index contributed by atoms with van der Waals surface area (Å²) in [6.45, 7) is 5.23. The summed E-state index contributed by atoms with van der Waals surface area (Å²) >= 11 is 0. The van der Waals surface area contributed by atoms with E-state index in [0.29, 0.717) is 12.6 Å². The van der Waals surface area contributed by atoms with E-state index in [1.165, 1.54) is 11.1 Å². The molecule has 1 amide bonds. The van der Waals surface area contributed by atoms with Gasteiger partial charge < -0.3 is 15.1 Å². The molecule has 0 saturated carbocycles. The predicted octanol–water partition coefficient (Wildman–Crippen LogP) is 2.92. The SMILES string of the molecule is C[C@H]1C[C@@H](C(=O)NCc2ccccc2CN(C)Cc2ccco2)CCN1. The van der Waals surface area contributed by atoms with Gasteiger partial charge in [0, 0.05) is 25.0 Å². The maximum Gasteiger partial charge on any atom is 0.223 e. The first kappa shape index (κ1) is 18.7. The lowest BCUT2D eigenvalue weighted by Crippen LogP contribution is -2.42. The molecule has 0 bridgehead atoms. The second-order valence-corrected chi connectivity index (χ2v) is 7.31. The number of carbonyl (C=O) groups is 1. The third-order valence-corrected chi connectivity index (χ3v) is 5.01. The quantitative estimate of drug-likeness (QED) is 0.802. The second kappa shape index (κ2) is 9.01. The number of amides is 1. The molecule has 1 aliphatic rings. The number of benzene rings is 1. The van der Waals surface area contributed by atoms with Crippen molar-refractivity contribution in [1.82, 2.24) is 15.5 Å². The number of carbonyl (C=O) groups excluding carboxylic acids is 1. The van der Waals surface area contributed by atoms with Crippen LogP contribution in [0, 0.1) is 5.92 Å². The van der Waals surface area contributed by atoms with E-state index in [4.69, 9.17) is 4.42 Å². The number of hydrogen-bond acceptors (Lipinski definition) is 4. The minimum atomic E-state index is 0.125. The van der Waals surface area contributed by atoms with Crippen LogP contribution >= 0.6 is 0 Å². The van der Waals surface area contributed by atoms with E-state index in [9.17, 15) is 4.79 Å². The molecule has 1 aromatic heterocycles. The Kier molecular flexibility index (Phi) is 6.47. The van der Waals surface area contributed by atoms with Crippen LogP contribution in [0.3, 0.4) is 0 Å². The molecular formula is C21H29N3O2. The summed E-state index contributed by atoms with van der Waals surface area (Å²) in [5.41, 5.74) is 2.41. The van der Waals surface area contributed by atoms with Crippen LogP contribution in [0.5, 0.6) is 0 Å². The van der Waals surface area contributed by atoms with Crippen LogP contribution in [-0.4, -0.2) is 30.4 Å². The van der Waals surface area contributed by atoms with Crippen molar-refractivity contribution in [1.29, 1.82) is 0 Å². The van der Waals surface area contributed by atoms with Gasteiger partial charge in [-0.15, -0.1) is 0 Å². The minimum Gasteiger partial charge on any atom is -0.468 e. The lowest BCUT2D eigenvalue weighted by Gasteiger charge is -2.27. The highest BCUT2D eigenvalue weighted by molar-refractivity contribution is 5.78. The first-order chi connectivity index (χ1) is 12.6. The Morgan fingerprint density at radius 1 is 1.23 bits per heavy atom. The Bertz CT molecular complexity index is 699. The second-order valence-electron chi connectivity index (χ2n) is 7.31. The highest BCUT2D eigenvalue weighted by Crippen LogP contribution is 2.17. The van der Waals surface area contributed by atoms with Crippen LogP contribution in [0.2, 0.25) is 0 Å². The number of piperidine rings is 1. The summed E-state index contributed by atoms with van der Waals surface area (Å²) in [6.07, 6.45) is 3.54. The van der Waals surface area contributed by atoms with Crippen LogP contribution in [0.1, 0.15) is 36.7 Å². The normalized spacial score (nSPS) is 20.3. The van der Waals surface area contributed by atoms with Gasteiger partial charge in [-0.3, -0.25) is 9.69 Å². The molecule has 140 valence electrons. The Balaban J connectivity index is 1.55. The lowest BCUT2D eigenvalue weighted by molar-refractivity contribution is -0.126. The molecule has 5 heteroatoms. The van der Waals surface area contributed by atoms with Gasteiger partial charge in [0.25, 0.3) is 0 Å². The Morgan fingerprint density at radius 2 is 2.04 bits per heavy atom. The highest BCUT2D eigenvalue weighted by Gasteiger charge is 2.24. The van der Waals surface area contributed by atoms with E-state index < -0.39 is 0 Å². The zero-order chi connectivity index (χ0) is 18.4. The summed E-state index contributed by atoms with van der Waals surface area (Å²) in [7, 11) is 2.08. The average molecular weight is 355 g/mol. The van der Waals surface area contributed by atoms with Gasteiger partial charge in [-0.05, 0) is 56.6 Å².